The molecule has 0 radical (unpaired) electrons. The van der Waals surface area contributed by atoms with E-state index in [1.165, 1.54) is 0 Å². The fourth-order valence-corrected chi connectivity index (χ4v) is 2.25. The number of hydrogen-bond acceptors (Lipinski definition) is 2. The molecule has 0 amide bonds. The third kappa shape index (κ3) is 2.85. The van der Waals surface area contributed by atoms with Crippen molar-refractivity contribution in [2.75, 3.05) is 7.11 Å². The lowest BCUT2D eigenvalue weighted by Crippen LogP contribution is -1.94. The van der Waals surface area contributed by atoms with Gasteiger partial charge in [-0.15, -0.1) is 0 Å². The molecule has 0 atom stereocenters. The number of aliphatic carboxylic acids is 1. The molecule has 16 heavy (non-hydrogen) atoms. The molecule has 0 saturated carbocycles. The van der Waals surface area contributed by atoms with Crippen LogP contribution in [0.2, 0.25) is 0 Å². The molecule has 0 aliphatic carbocycles. The summed E-state index contributed by atoms with van der Waals surface area (Å²) >= 11 is 3.45. The van der Waals surface area contributed by atoms with Gasteiger partial charge in [-0.25, -0.2) is 4.79 Å². The second-order valence-corrected chi connectivity index (χ2v) is 3.97. The minimum atomic E-state index is -0.950. The van der Waals surface area contributed by atoms with Gasteiger partial charge in [0.1, 0.15) is 5.75 Å². The van der Waals surface area contributed by atoms with Gasteiger partial charge in [0.25, 0.3) is 0 Å². The Morgan fingerprint density at radius 2 is 2.25 bits per heavy atom. The summed E-state index contributed by atoms with van der Waals surface area (Å²) in [5.41, 5.74) is 1.93. The number of benzene rings is 1. The molecule has 1 N–H and O–H groups in total. The molecular formula is C12H13BrO3. The van der Waals surface area contributed by atoms with Gasteiger partial charge in [-0.3, -0.25) is 0 Å². The average Bonchev–Trinajstić information content (AvgIpc) is 2.26. The normalized spacial score (nSPS) is 10.7. The quantitative estimate of drug-likeness (QED) is 0.864. The van der Waals surface area contributed by atoms with Crippen LogP contribution in [0.1, 0.15) is 18.1 Å². The molecule has 1 rings (SSSR count). The Kier molecular flexibility index (Phi) is 4.55. The molecule has 0 saturated heterocycles. The number of methoxy groups -OCH3 is 1. The van der Waals surface area contributed by atoms with Gasteiger partial charge in [-0.05, 0) is 45.6 Å². The van der Waals surface area contributed by atoms with Gasteiger partial charge in [0.15, 0.2) is 0 Å². The van der Waals surface area contributed by atoms with Crippen LogP contribution >= 0.6 is 15.9 Å². The van der Waals surface area contributed by atoms with E-state index in [4.69, 9.17) is 9.84 Å². The summed E-state index contributed by atoms with van der Waals surface area (Å²) in [6.45, 7) is 2.01. The van der Waals surface area contributed by atoms with Crippen LogP contribution in [0, 0.1) is 0 Å². The lowest BCUT2D eigenvalue weighted by atomic mass is 10.0. The Bertz CT molecular complexity index is 425. The first-order valence-electron chi connectivity index (χ1n) is 4.86. The largest absolute Gasteiger partial charge is 0.496 e. The van der Waals surface area contributed by atoms with Crippen molar-refractivity contribution in [2.45, 2.75) is 13.3 Å². The fraction of sp³-hybridized carbons (Fsp3) is 0.250. The predicted octanol–water partition coefficient (Wildman–Crippen LogP) is 3.12. The van der Waals surface area contributed by atoms with Crippen molar-refractivity contribution >= 4 is 28.0 Å². The highest BCUT2D eigenvalue weighted by Gasteiger charge is 2.08. The first kappa shape index (κ1) is 12.8. The van der Waals surface area contributed by atoms with Crippen molar-refractivity contribution in [3.8, 4) is 5.75 Å². The van der Waals surface area contributed by atoms with Crippen molar-refractivity contribution in [2.24, 2.45) is 0 Å². The second-order valence-electron chi connectivity index (χ2n) is 3.17. The van der Waals surface area contributed by atoms with E-state index < -0.39 is 5.97 Å². The van der Waals surface area contributed by atoms with Crippen molar-refractivity contribution < 1.29 is 14.6 Å². The van der Waals surface area contributed by atoms with Gasteiger partial charge < -0.3 is 9.84 Å². The topological polar surface area (TPSA) is 46.5 Å². The SMILES string of the molecule is CCc1c(C=CC(=O)O)ccc(OC)c1Br. The zero-order valence-electron chi connectivity index (χ0n) is 9.16. The highest BCUT2D eigenvalue weighted by molar-refractivity contribution is 9.10. The maximum Gasteiger partial charge on any atom is 0.328 e. The van der Waals surface area contributed by atoms with Crippen molar-refractivity contribution in [1.82, 2.24) is 0 Å². The zero-order valence-corrected chi connectivity index (χ0v) is 10.7. The van der Waals surface area contributed by atoms with E-state index in [1.807, 2.05) is 19.1 Å². The zero-order chi connectivity index (χ0) is 12.1. The van der Waals surface area contributed by atoms with Gasteiger partial charge in [-0.1, -0.05) is 13.0 Å². The lowest BCUT2D eigenvalue weighted by molar-refractivity contribution is -0.131. The number of ether oxygens (including phenoxy) is 1. The summed E-state index contributed by atoms with van der Waals surface area (Å²) in [5, 5.41) is 8.59. The van der Waals surface area contributed by atoms with E-state index in [9.17, 15) is 4.79 Å². The summed E-state index contributed by atoms with van der Waals surface area (Å²) in [4.78, 5) is 10.5. The van der Waals surface area contributed by atoms with Crippen LogP contribution in [0.25, 0.3) is 6.08 Å². The van der Waals surface area contributed by atoms with Crippen LogP contribution in [0.15, 0.2) is 22.7 Å². The predicted molar refractivity (Wildman–Crippen MR) is 66.7 cm³/mol. The molecule has 4 heteroatoms. The van der Waals surface area contributed by atoms with Crippen molar-refractivity contribution in [3.63, 3.8) is 0 Å². The maximum absolute atomic E-state index is 10.5. The number of carboxylic acid groups (broad SMARTS) is 1. The summed E-state index contributed by atoms with van der Waals surface area (Å²) in [7, 11) is 1.60. The summed E-state index contributed by atoms with van der Waals surface area (Å²) in [5.74, 6) is -0.196. The Morgan fingerprint density at radius 1 is 1.56 bits per heavy atom. The molecule has 0 aliphatic heterocycles. The number of carboxylic acids is 1. The Balaban J connectivity index is 3.20. The van der Waals surface area contributed by atoms with E-state index >= 15 is 0 Å². The van der Waals surface area contributed by atoms with Gasteiger partial charge >= 0.3 is 5.97 Å². The Labute approximate surface area is 103 Å². The first-order chi connectivity index (χ1) is 7.60. The van der Waals surface area contributed by atoms with Gasteiger partial charge in [-0.2, -0.15) is 0 Å². The molecule has 3 nitrogen and oxygen atoms in total. The van der Waals surface area contributed by atoms with Gasteiger partial charge in [0, 0.05) is 6.08 Å². The van der Waals surface area contributed by atoms with Gasteiger partial charge in [0.05, 0.1) is 11.6 Å². The minimum absolute atomic E-state index is 0.754. The molecule has 0 bridgehead atoms. The number of hydrogen-bond donors (Lipinski definition) is 1. The number of carbonyl (C=O) groups is 1. The third-order valence-corrected chi connectivity index (χ3v) is 3.09. The molecule has 0 heterocycles. The third-order valence-electron chi connectivity index (χ3n) is 2.22. The number of rotatable bonds is 4. The molecule has 0 unspecified atom stereocenters. The van der Waals surface area contributed by atoms with Crippen molar-refractivity contribution in [3.05, 3.63) is 33.8 Å². The van der Waals surface area contributed by atoms with Crippen LogP contribution in [0.3, 0.4) is 0 Å². The Hall–Kier alpha value is -1.29. The lowest BCUT2D eigenvalue weighted by Gasteiger charge is -2.10. The highest BCUT2D eigenvalue weighted by Crippen LogP contribution is 2.32. The second kappa shape index (κ2) is 5.70. The molecule has 0 aliphatic rings. The van der Waals surface area contributed by atoms with Crippen LogP contribution in [0.5, 0.6) is 5.75 Å². The van der Waals surface area contributed by atoms with Gasteiger partial charge in [0.2, 0.25) is 0 Å². The average molecular weight is 285 g/mol. The van der Waals surface area contributed by atoms with Crippen LogP contribution < -0.4 is 4.74 Å². The highest BCUT2D eigenvalue weighted by atomic mass is 79.9. The molecular weight excluding hydrogens is 272 g/mol. The van der Waals surface area contributed by atoms with E-state index in [0.717, 1.165) is 33.8 Å². The van der Waals surface area contributed by atoms with E-state index in [-0.39, 0.29) is 0 Å². The Morgan fingerprint density at radius 3 is 2.75 bits per heavy atom. The molecule has 0 fully saturated rings. The molecule has 0 aromatic heterocycles. The summed E-state index contributed by atoms with van der Waals surface area (Å²) in [6.07, 6.45) is 3.52. The van der Waals surface area contributed by atoms with Crippen molar-refractivity contribution in [1.29, 1.82) is 0 Å². The fourth-order valence-electron chi connectivity index (χ4n) is 1.45. The van der Waals surface area contributed by atoms with Crippen LogP contribution in [-0.2, 0) is 11.2 Å². The smallest absolute Gasteiger partial charge is 0.328 e. The van der Waals surface area contributed by atoms with E-state index in [1.54, 1.807) is 13.2 Å². The minimum Gasteiger partial charge on any atom is -0.496 e. The first-order valence-corrected chi connectivity index (χ1v) is 5.65. The standard InChI is InChI=1S/C12H13BrO3/c1-3-9-8(5-7-11(14)15)4-6-10(16-2)12(9)13/h4-7H,3H2,1-2H3,(H,14,15). The molecule has 0 spiro atoms. The summed E-state index contributed by atoms with van der Waals surface area (Å²) in [6, 6.07) is 3.66. The molecule has 1 aromatic rings. The number of halogens is 1. The van der Waals surface area contributed by atoms with E-state index in [2.05, 4.69) is 15.9 Å². The molecule has 1 aromatic carbocycles. The molecule has 86 valence electrons. The summed E-state index contributed by atoms with van der Waals surface area (Å²) < 4.78 is 6.06. The van der Waals surface area contributed by atoms with Crippen LogP contribution in [-0.4, -0.2) is 18.2 Å². The van der Waals surface area contributed by atoms with Crippen LogP contribution in [0.4, 0.5) is 0 Å². The van der Waals surface area contributed by atoms with E-state index in [0.29, 0.717) is 0 Å². The monoisotopic (exact) mass is 284 g/mol. The maximum atomic E-state index is 10.5.